The van der Waals surface area contributed by atoms with Crippen LogP contribution in [0.5, 0.6) is 11.5 Å². The fourth-order valence-electron chi connectivity index (χ4n) is 5.04. The third-order valence-electron chi connectivity index (χ3n) is 6.48. The van der Waals surface area contributed by atoms with Crippen molar-refractivity contribution >= 4 is 0 Å². The first-order valence-corrected chi connectivity index (χ1v) is 10.2. The lowest BCUT2D eigenvalue weighted by Gasteiger charge is -2.59. The van der Waals surface area contributed by atoms with Crippen LogP contribution in [0.1, 0.15) is 17.0 Å². The predicted molar refractivity (Wildman–Crippen MR) is 111 cm³/mol. The average molecular weight is 385 g/mol. The molecule has 0 aliphatic carbocycles. The Labute approximate surface area is 170 Å². The van der Waals surface area contributed by atoms with Gasteiger partial charge >= 0.3 is 0 Å². The molecule has 146 valence electrons. The summed E-state index contributed by atoms with van der Waals surface area (Å²) in [4.78, 5) is 6.86. The molecule has 1 unspecified atom stereocenters. The third kappa shape index (κ3) is 2.89. The maximum atomic E-state index is 5.55. The SMILES string of the molecule is c1cncc(-c2ccc(C3[C@H]4CNC[C@@H]3N4Cc3ccc4c(c3)OCO4)cc2)c1. The lowest BCUT2D eigenvalue weighted by Crippen LogP contribution is -2.72. The summed E-state index contributed by atoms with van der Waals surface area (Å²) in [5, 5.41) is 3.58. The number of benzene rings is 2. The van der Waals surface area contributed by atoms with Gasteiger partial charge in [-0.25, -0.2) is 0 Å². The van der Waals surface area contributed by atoms with Gasteiger partial charge in [-0.1, -0.05) is 36.4 Å². The first-order chi connectivity index (χ1) is 14.4. The zero-order valence-electron chi connectivity index (χ0n) is 16.1. The van der Waals surface area contributed by atoms with Crippen LogP contribution in [0.2, 0.25) is 0 Å². The van der Waals surface area contributed by atoms with Gasteiger partial charge in [0.2, 0.25) is 6.79 Å². The molecule has 4 heterocycles. The van der Waals surface area contributed by atoms with E-state index in [-0.39, 0.29) is 0 Å². The Morgan fingerprint density at radius 3 is 2.55 bits per heavy atom. The van der Waals surface area contributed by atoms with Crippen molar-refractivity contribution in [3.8, 4) is 22.6 Å². The Kier molecular flexibility index (Phi) is 4.03. The van der Waals surface area contributed by atoms with Crippen molar-refractivity contribution in [2.24, 2.45) is 0 Å². The van der Waals surface area contributed by atoms with Crippen molar-refractivity contribution in [1.82, 2.24) is 15.2 Å². The summed E-state index contributed by atoms with van der Waals surface area (Å²) >= 11 is 0. The number of hydrogen-bond donors (Lipinski definition) is 1. The number of pyridine rings is 1. The maximum Gasteiger partial charge on any atom is 0.231 e. The Balaban J connectivity index is 1.20. The monoisotopic (exact) mass is 385 g/mol. The molecule has 0 spiro atoms. The molecular weight excluding hydrogens is 362 g/mol. The van der Waals surface area contributed by atoms with E-state index < -0.39 is 0 Å². The number of likely N-dealkylation sites (tertiary alicyclic amines) is 1. The lowest BCUT2D eigenvalue weighted by molar-refractivity contribution is -0.0483. The van der Waals surface area contributed by atoms with Crippen molar-refractivity contribution in [2.45, 2.75) is 24.5 Å². The van der Waals surface area contributed by atoms with Gasteiger partial charge in [-0.3, -0.25) is 9.88 Å². The Hall–Kier alpha value is -2.89. The molecule has 6 rings (SSSR count). The van der Waals surface area contributed by atoms with Crippen LogP contribution >= 0.6 is 0 Å². The van der Waals surface area contributed by atoms with Gasteiger partial charge in [-0.2, -0.15) is 0 Å². The molecule has 5 nitrogen and oxygen atoms in total. The van der Waals surface area contributed by atoms with E-state index in [0.717, 1.165) is 31.1 Å². The standard InChI is InChI=1S/C24H23N3O2/c1-2-19(11-25-9-1)17-4-6-18(7-5-17)24-20-12-26-13-21(24)27(20)14-16-3-8-22-23(10-16)29-15-28-22/h1-11,20-21,24,26H,12-15H2/t20-,21+,24?. The highest BCUT2D eigenvalue weighted by atomic mass is 16.7. The molecule has 2 fully saturated rings. The molecule has 2 saturated heterocycles. The summed E-state index contributed by atoms with van der Waals surface area (Å²) in [6.45, 7) is 3.36. The summed E-state index contributed by atoms with van der Waals surface area (Å²) in [7, 11) is 0. The highest BCUT2D eigenvalue weighted by molar-refractivity contribution is 5.62. The minimum Gasteiger partial charge on any atom is -0.454 e. The van der Waals surface area contributed by atoms with E-state index in [0.29, 0.717) is 24.8 Å². The van der Waals surface area contributed by atoms with Crippen LogP contribution in [0, 0.1) is 0 Å². The molecule has 3 aliphatic heterocycles. The highest BCUT2D eigenvalue weighted by Gasteiger charge is 2.50. The highest BCUT2D eigenvalue weighted by Crippen LogP contribution is 2.44. The first-order valence-electron chi connectivity index (χ1n) is 10.2. The molecule has 29 heavy (non-hydrogen) atoms. The van der Waals surface area contributed by atoms with E-state index in [2.05, 4.69) is 57.7 Å². The van der Waals surface area contributed by atoms with Crippen LogP contribution in [0.4, 0.5) is 0 Å². The number of hydrogen-bond acceptors (Lipinski definition) is 5. The summed E-state index contributed by atoms with van der Waals surface area (Å²) < 4.78 is 11.0. The van der Waals surface area contributed by atoms with E-state index in [9.17, 15) is 0 Å². The molecule has 3 atom stereocenters. The Morgan fingerprint density at radius 2 is 1.76 bits per heavy atom. The number of nitrogens with zero attached hydrogens (tertiary/aromatic N) is 2. The second-order valence-electron chi connectivity index (χ2n) is 8.04. The third-order valence-corrected chi connectivity index (χ3v) is 6.48. The summed E-state index contributed by atoms with van der Waals surface area (Å²) in [6.07, 6.45) is 3.74. The number of rotatable bonds is 4. The smallest absolute Gasteiger partial charge is 0.231 e. The predicted octanol–water partition coefficient (Wildman–Crippen LogP) is 3.42. The molecule has 1 N–H and O–H groups in total. The molecule has 0 radical (unpaired) electrons. The number of fused-ring (bicyclic) bond motifs is 3. The van der Waals surface area contributed by atoms with Gasteiger partial charge in [0.05, 0.1) is 0 Å². The second-order valence-corrected chi connectivity index (χ2v) is 8.04. The molecule has 0 amide bonds. The summed E-state index contributed by atoms with van der Waals surface area (Å²) in [6, 6.07) is 20.5. The fraction of sp³-hybridized carbons (Fsp3) is 0.292. The zero-order chi connectivity index (χ0) is 19.2. The van der Waals surface area contributed by atoms with Gasteiger partial charge in [0, 0.05) is 50.0 Å². The van der Waals surface area contributed by atoms with E-state index in [1.165, 1.54) is 22.3 Å². The number of ether oxygens (including phenoxy) is 2. The largest absolute Gasteiger partial charge is 0.454 e. The van der Waals surface area contributed by atoms with Crippen molar-refractivity contribution in [2.75, 3.05) is 19.9 Å². The number of piperidine rings is 1. The molecule has 2 aromatic carbocycles. The molecule has 0 saturated carbocycles. The topological polar surface area (TPSA) is 46.6 Å². The quantitative estimate of drug-likeness (QED) is 0.746. The number of nitrogens with one attached hydrogen (secondary N) is 1. The summed E-state index contributed by atoms with van der Waals surface area (Å²) in [5.41, 5.74) is 5.12. The van der Waals surface area contributed by atoms with Gasteiger partial charge in [0.15, 0.2) is 11.5 Å². The van der Waals surface area contributed by atoms with E-state index >= 15 is 0 Å². The fourth-order valence-corrected chi connectivity index (χ4v) is 5.04. The van der Waals surface area contributed by atoms with E-state index in [4.69, 9.17) is 9.47 Å². The van der Waals surface area contributed by atoms with Crippen LogP contribution in [0.25, 0.3) is 11.1 Å². The normalized spacial score (nSPS) is 24.9. The number of aromatic nitrogens is 1. The van der Waals surface area contributed by atoms with E-state index in [1.54, 1.807) is 0 Å². The van der Waals surface area contributed by atoms with Gasteiger partial charge in [-0.05, 0) is 40.5 Å². The first kappa shape index (κ1) is 17.0. The molecule has 1 aromatic heterocycles. The molecular formula is C24H23N3O2. The van der Waals surface area contributed by atoms with Gasteiger partial charge in [0.1, 0.15) is 0 Å². The lowest BCUT2D eigenvalue weighted by atomic mass is 9.72. The minimum atomic E-state index is 0.328. The van der Waals surface area contributed by atoms with Crippen LogP contribution < -0.4 is 14.8 Å². The van der Waals surface area contributed by atoms with Crippen molar-refractivity contribution in [3.63, 3.8) is 0 Å². The van der Waals surface area contributed by atoms with Crippen molar-refractivity contribution < 1.29 is 9.47 Å². The molecule has 2 bridgehead atoms. The molecule has 5 heteroatoms. The van der Waals surface area contributed by atoms with Crippen LogP contribution in [0.3, 0.4) is 0 Å². The Morgan fingerprint density at radius 1 is 0.931 bits per heavy atom. The van der Waals surface area contributed by atoms with Gasteiger partial charge < -0.3 is 14.8 Å². The molecule has 3 aromatic rings. The second kappa shape index (κ2) is 6.87. The summed E-state index contributed by atoms with van der Waals surface area (Å²) in [5.74, 6) is 2.31. The van der Waals surface area contributed by atoms with Gasteiger partial charge in [0.25, 0.3) is 0 Å². The zero-order valence-corrected chi connectivity index (χ0v) is 16.1. The Bertz CT molecular complexity index is 1010. The van der Waals surface area contributed by atoms with E-state index in [1.807, 2.05) is 24.5 Å². The van der Waals surface area contributed by atoms with Gasteiger partial charge in [-0.15, -0.1) is 0 Å². The number of piperazine rings is 1. The van der Waals surface area contributed by atoms with Crippen molar-refractivity contribution in [3.05, 3.63) is 78.1 Å². The van der Waals surface area contributed by atoms with Crippen molar-refractivity contribution in [1.29, 1.82) is 0 Å². The van der Waals surface area contributed by atoms with Crippen LogP contribution in [0.15, 0.2) is 67.0 Å². The minimum absolute atomic E-state index is 0.328. The molecule has 3 aliphatic rings. The average Bonchev–Trinajstić information content (AvgIpc) is 3.26. The van der Waals surface area contributed by atoms with Crippen LogP contribution in [-0.4, -0.2) is 41.9 Å². The maximum absolute atomic E-state index is 5.55. The van der Waals surface area contributed by atoms with Crippen LogP contribution in [-0.2, 0) is 6.54 Å².